The molecule has 2 nitrogen and oxygen atoms in total. The summed E-state index contributed by atoms with van der Waals surface area (Å²) in [6.07, 6.45) is -1.39. The first-order chi connectivity index (χ1) is 7.93. The molecule has 0 heterocycles. The van der Waals surface area contributed by atoms with E-state index in [0.29, 0.717) is 25.3 Å². The molecule has 0 aliphatic heterocycles. The molecule has 0 amide bonds. The summed E-state index contributed by atoms with van der Waals surface area (Å²) in [6, 6.07) is -0.0171. The van der Waals surface area contributed by atoms with E-state index in [1.807, 2.05) is 6.92 Å². The summed E-state index contributed by atoms with van der Waals surface area (Å²) in [5, 5.41) is 11.9. The van der Waals surface area contributed by atoms with Gasteiger partial charge >= 0.3 is 6.18 Å². The Kier molecular flexibility index (Phi) is 5.73. The molecule has 102 valence electrons. The van der Waals surface area contributed by atoms with Gasteiger partial charge in [0.2, 0.25) is 0 Å². The van der Waals surface area contributed by atoms with Gasteiger partial charge in [-0.2, -0.15) is 13.2 Å². The molecule has 0 saturated heterocycles. The van der Waals surface area contributed by atoms with Crippen LogP contribution in [0.25, 0.3) is 0 Å². The van der Waals surface area contributed by atoms with Crippen molar-refractivity contribution in [3.05, 3.63) is 0 Å². The van der Waals surface area contributed by atoms with E-state index in [1.165, 1.54) is 0 Å². The van der Waals surface area contributed by atoms with Crippen LogP contribution in [0.5, 0.6) is 0 Å². The van der Waals surface area contributed by atoms with Gasteiger partial charge < -0.3 is 10.4 Å². The number of halogens is 3. The van der Waals surface area contributed by atoms with Gasteiger partial charge in [0, 0.05) is 12.6 Å². The fourth-order valence-corrected chi connectivity index (χ4v) is 2.36. The van der Waals surface area contributed by atoms with E-state index in [1.54, 1.807) is 0 Å². The lowest BCUT2D eigenvalue weighted by molar-refractivity contribution is -0.183. The first-order valence-corrected chi connectivity index (χ1v) is 6.34. The maximum atomic E-state index is 12.6. The van der Waals surface area contributed by atoms with E-state index in [0.717, 1.165) is 6.42 Å². The Balaban J connectivity index is 2.30. The normalized spacial score (nSPS) is 28.1. The van der Waals surface area contributed by atoms with E-state index in [2.05, 4.69) is 5.32 Å². The second kappa shape index (κ2) is 6.59. The highest BCUT2D eigenvalue weighted by atomic mass is 19.4. The van der Waals surface area contributed by atoms with Gasteiger partial charge in [0.25, 0.3) is 0 Å². The zero-order valence-corrected chi connectivity index (χ0v) is 10.3. The van der Waals surface area contributed by atoms with E-state index in [-0.39, 0.29) is 25.5 Å². The number of alkyl halides is 3. The smallest absolute Gasteiger partial charge is 0.391 e. The molecular weight excluding hydrogens is 231 g/mol. The predicted molar refractivity (Wildman–Crippen MR) is 60.7 cm³/mol. The van der Waals surface area contributed by atoms with Crippen LogP contribution < -0.4 is 5.32 Å². The number of aliphatic hydroxyl groups excluding tert-OH is 1. The molecule has 0 aromatic rings. The van der Waals surface area contributed by atoms with Crippen LogP contribution in [0.15, 0.2) is 0 Å². The minimum Gasteiger partial charge on any atom is -0.396 e. The van der Waals surface area contributed by atoms with Crippen molar-refractivity contribution in [1.82, 2.24) is 5.32 Å². The molecule has 3 atom stereocenters. The largest absolute Gasteiger partial charge is 0.396 e. The van der Waals surface area contributed by atoms with Crippen molar-refractivity contribution in [3.63, 3.8) is 0 Å². The van der Waals surface area contributed by atoms with Gasteiger partial charge in [-0.25, -0.2) is 0 Å². The molecule has 0 radical (unpaired) electrons. The second-order valence-electron chi connectivity index (χ2n) is 5.13. The monoisotopic (exact) mass is 253 g/mol. The number of nitrogens with one attached hydrogen (secondary N) is 1. The fourth-order valence-electron chi connectivity index (χ4n) is 2.36. The van der Waals surface area contributed by atoms with Crippen LogP contribution in [0.4, 0.5) is 13.2 Å². The summed E-state index contributed by atoms with van der Waals surface area (Å²) in [4.78, 5) is 0. The summed E-state index contributed by atoms with van der Waals surface area (Å²) in [5.74, 6) is -0.826. The molecule has 17 heavy (non-hydrogen) atoms. The van der Waals surface area contributed by atoms with Crippen molar-refractivity contribution in [3.8, 4) is 0 Å². The number of hydrogen-bond acceptors (Lipinski definition) is 2. The molecule has 1 aliphatic carbocycles. The lowest BCUT2D eigenvalue weighted by Gasteiger charge is -2.31. The zero-order chi connectivity index (χ0) is 12.9. The molecule has 2 N–H and O–H groups in total. The highest BCUT2D eigenvalue weighted by Gasteiger charge is 2.41. The highest BCUT2D eigenvalue weighted by molar-refractivity contribution is 4.82. The van der Waals surface area contributed by atoms with Gasteiger partial charge in [-0.05, 0) is 38.1 Å². The van der Waals surface area contributed by atoms with Crippen LogP contribution in [0.3, 0.4) is 0 Å². The maximum absolute atomic E-state index is 12.6. The molecule has 0 bridgehead atoms. The van der Waals surface area contributed by atoms with Gasteiger partial charge in [-0.1, -0.05) is 13.3 Å². The first-order valence-electron chi connectivity index (χ1n) is 6.34. The molecule has 1 saturated carbocycles. The Labute approximate surface area is 101 Å². The molecule has 5 heteroatoms. The van der Waals surface area contributed by atoms with Crippen LogP contribution in [0.1, 0.15) is 39.0 Å². The highest BCUT2D eigenvalue weighted by Crippen LogP contribution is 2.37. The lowest BCUT2D eigenvalue weighted by Crippen LogP contribution is -2.40. The van der Waals surface area contributed by atoms with E-state index in [9.17, 15) is 13.2 Å². The molecule has 1 aliphatic rings. The Morgan fingerprint density at radius 1 is 1.35 bits per heavy atom. The van der Waals surface area contributed by atoms with Crippen molar-refractivity contribution < 1.29 is 18.3 Å². The minimum atomic E-state index is -4.04. The first kappa shape index (κ1) is 14.8. The zero-order valence-electron chi connectivity index (χ0n) is 10.3. The predicted octanol–water partition coefficient (Wildman–Crippen LogP) is 2.72. The van der Waals surface area contributed by atoms with Crippen LogP contribution in [0, 0.1) is 11.8 Å². The summed E-state index contributed by atoms with van der Waals surface area (Å²) >= 11 is 0. The van der Waals surface area contributed by atoms with Crippen molar-refractivity contribution in [1.29, 1.82) is 0 Å². The van der Waals surface area contributed by atoms with E-state index < -0.39 is 12.1 Å². The SMILES string of the molecule is CC(CCO)CNC1CCCC(C(F)(F)F)C1. The fraction of sp³-hybridized carbons (Fsp3) is 1.00. The third kappa shape index (κ3) is 5.25. The van der Waals surface area contributed by atoms with Gasteiger partial charge in [0.15, 0.2) is 0 Å². The van der Waals surface area contributed by atoms with Crippen molar-refractivity contribution >= 4 is 0 Å². The average molecular weight is 253 g/mol. The minimum absolute atomic E-state index is 0.0171. The number of aliphatic hydroxyl groups is 1. The topological polar surface area (TPSA) is 32.3 Å². The van der Waals surface area contributed by atoms with Gasteiger partial charge in [-0.15, -0.1) is 0 Å². The molecule has 1 rings (SSSR count). The number of hydrogen-bond donors (Lipinski definition) is 2. The van der Waals surface area contributed by atoms with Crippen LogP contribution in [-0.2, 0) is 0 Å². The van der Waals surface area contributed by atoms with Crippen LogP contribution in [0.2, 0.25) is 0 Å². The van der Waals surface area contributed by atoms with Crippen molar-refractivity contribution in [2.45, 2.75) is 51.2 Å². The quantitative estimate of drug-likeness (QED) is 0.789. The third-order valence-corrected chi connectivity index (χ3v) is 3.51. The molecule has 1 fully saturated rings. The third-order valence-electron chi connectivity index (χ3n) is 3.51. The summed E-state index contributed by atoms with van der Waals surface area (Å²) < 4.78 is 37.7. The van der Waals surface area contributed by atoms with Crippen molar-refractivity contribution in [2.75, 3.05) is 13.2 Å². The van der Waals surface area contributed by atoms with Gasteiger partial charge in [0.05, 0.1) is 5.92 Å². The van der Waals surface area contributed by atoms with Crippen LogP contribution in [-0.4, -0.2) is 30.5 Å². The summed E-state index contributed by atoms with van der Waals surface area (Å²) in [6.45, 7) is 2.82. The standard InChI is InChI=1S/C12H22F3NO/c1-9(5-6-17)8-16-11-4-2-3-10(7-11)12(13,14)15/h9-11,16-17H,2-8H2,1H3. The van der Waals surface area contributed by atoms with Gasteiger partial charge in [0.1, 0.15) is 0 Å². The molecule has 0 aromatic carbocycles. The molecule has 0 aromatic heterocycles. The lowest BCUT2D eigenvalue weighted by atomic mass is 9.85. The van der Waals surface area contributed by atoms with Crippen molar-refractivity contribution in [2.24, 2.45) is 11.8 Å². The Hall–Kier alpha value is -0.290. The summed E-state index contributed by atoms with van der Waals surface area (Å²) in [5.41, 5.74) is 0. The van der Waals surface area contributed by atoms with Gasteiger partial charge in [-0.3, -0.25) is 0 Å². The van der Waals surface area contributed by atoms with Crippen LogP contribution >= 0.6 is 0 Å². The Bertz CT molecular complexity index is 220. The Morgan fingerprint density at radius 2 is 2.06 bits per heavy atom. The van der Waals surface area contributed by atoms with E-state index >= 15 is 0 Å². The second-order valence-corrected chi connectivity index (χ2v) is 5.13. The molecule has 0 spiro atoms. The molecule has 3 unspecified atom stereocenters. The Morgan fingerprint density at radius 3 is 2.65 bits per heavy atom. The molecular formula is C12H22F3NO. The average Bonchev–Trinajstić information content (AvgIpc) is 2.26. The number of rotatable bonds is 5. The van der Waals surface area contributed by atoms with E-state index in [4.69, 9.17) is 5.11 Å². The summed E-state index contributed by atoms with van der Waals surface area (Å²) in [7, 11) is 0. The maximum Gasteiger partial charge on any atom is 0.391 e.